The molecule has 3 rings (SSSR count). The van der Waals surface area contributed by atoms with Crippen LogP contribution in [-0.2, 0) is 12.3 Å². The molecule has 0 bridgehead atoms. The summed E-state index contributed by atoms with van der Waals surface area (Å²) in [4.78, 5) is 0. The number of benzene rings is 2. The summed E-state index contributed by atoms with van der Waals surface area (Å²) >= 11 is 1.53. The van der Waals surface area contributed by atoms with E-state index in [4.69, 9.17) is 4.74 Å². The highest BCUT2D eigenvalue weighted by atomic mass is 32.2. The van der Waals surface area contributed by atoms with Crippen LogP contribution >= 0.6 is 11.8 Å². The fraction of sp³-hybridized carbons (Fsp3) is 0.158. The molecule has 2 aromatic carbocycles. The first kappa shape index (κ1) is 17.2. The molecule has 6 heteroatoms. The van der Waals surface area contributed by atoms with E-state index in [0.717, 1.165) is 11.3 Å². The molecule has 0 N–H and O–H groups in total. The van der Waals surface area contributed by atoms with Gasteiger partial charge < -0.3 is 4.74 Å². The Labute approximate surface area is 150 Å². The second-order valence-electron chi connectivity index (χ2n) is 5.29. The van der Waals surface area contributed by atoms with Gasteiger partial charge in [-0.1, -0.05) is 48.2 Å². The first-order chi connectivity index (χ1) is 12.2. The van der Waals surface area contributed by atoms with Crippen molar-refractivity contribution in [1.29, 1.82) is 0 Å². The van der Waals surface area contributed by atoms with Gasteiger partial charge in [0.25, 0.3) is 0 Å². The van der Waals surface area contributed by atoms with Crippen LogP contribution < -0.4 is 4.74 Å². The van der Waals surface area contributed by atoms with Gasteiger partial charge in [0.15, 0.2) is 11.0 Å². The standard InChI is InChI=1S/C19H18FN3OS/c1-3-12-23-18(15-9-5-6-10-16(15)20)21-22-19(23)25-13-14-8-4-7-11-17(14)24-2/h3-11H,1,12-13H2,2H3. The number of ether oxygens (including phenoxy) is 1. The van der Waals surface area contributed by atoms with Crippen LogP contribution in [0.2, 0.25) is 0 Å². The average molecular weight is 355 g/mol. The zero-order valence-electron chi connectivity index (χ0n) is 13.9. The van der Waals surface area contributed by atoms with Crippen molar-refractivity contribution in [3.8, 4) is 17.1 Å². The number of para-hydroxylation sites is 1. The molecular formula is C19H18FN3OS. The van der Waals surface area contributed by atoms with Crippen LogP contribution in [0, 0.1) is 5.82 Å². The predicted molar refractivity (Wildman–Crippen MR) is 98.2 cm³/mol. The molecule has 128 valence electrons. The van der Waals surface area contributed by atoms with E-state index >= 15 is 0 Å². The van der Waals surface area contributed by atoms with Gasteiger partial charge in [-0.15, -0.1) is 16.8 Å². The third-order valence-corrected chi connectivity index (χ3v) is 4.71. The number of methoxy groups -OCH3 is 1. The molecule has 0 amide bonds. The molecule has 1 heterocycles. The number of nitrogens with zero attached hydrogens (tertiary/aromatic N) is 3. The second-order valence-corrected chi connectivity index (χ2v) is 6.23. The summed E-state index contributed by atoms with van der Waals surface area (Å²) < 4.78 is 21.4. The van der Waals surface area contributed by atoms with E-state index in [9.17, 15) is 4.39 Å². The molecule has 0 radical (unpaired) electrons. The smallest absolute Gasteiger partial charge is 0.192 e. The molecule has 0 aliphatic carbocycles. The van der Waals surface area contributed by atoms with Crippen LogP contribution in [0.1, 0.15) is 5.56 Å². The summed E-state index contributed by atoms with van der Waals surface area (Å²) in [5, 5.41) is 9.15. The molecule has 0 aliphatic heterocycles. The third-order valence-electron chi connectivity index (χ3n) is 3.69. The van der Waals surface area contributed by atoms with E-state index in [1.807, 2.05) is 28.8 Å². The van der Waals surface area contributed by atoms with Crippen molar-refractivity contribution in [3.05, 3.63) is 72.6 Å². The maximum atomic E-state index is 14.1. The van der Waals surface area contributed by atoms with Crippen LogP contribution in [0.4, 0.5) is 4.39 Å². The molecule has 0 atom stereocenters. The molecule has 3 aromatic rings. The Kier molecular flexibility index (Phi) is 5.50. The highest BCUT2D eigenvalue weighted by molar-refractivity contribution is 7.98. The van der Waals surface area contributed by atoms with E-state index in [1.54, 1.807) is 31.4 Å². The summed E-state index contributed by atoms with van der Waals surface area (Å²) in [6.45, 7) is 4.29. The average Bonchev–Trinajstić information content (AvgIpc) is 3.03. The van der Waals surface area contributed by atoms with Gasteiger partial charge in [-0.3, -0.25) is 4.57 Å². The summed E-state index contributed by atoms with van der Waals surface area (Å²) in [5.74, 6) is 1.69. The highest BCUT2D eigenvalue weighted by Crippen LogP contribution is 2.30. The lowest BCUT2D eigenvalue weighted by atomic mass is 10.2. The molecule has 0 fully saturated rings. The van der Waals surface area contributed by atoms with E-state index in [1.165, 1.54) is 17.8 Å². The minimum atomic E-state index is -0.318. The minimum Gasteiger partial charge on any atom is -0.496 e. The number of rotatable bonds is 7. The van der Waals surface area contributed by atoms with Crippen molar-refractivity contribution >= 4 is 11.8 Å². The van der Waals surface area contributed by atoms with Crippen LogP contribution in [0.3, 0.4) is 0 Å². The summed E-state index contributed by atoms with van der Waals surface area (Å²) in [5.41, 5.74) is 1.50. The maximum Gasteiger partial charge on any atom is 0.192 e. The van der Waals surface area contributed by atoms with E-state index < -0.39 is 0 Å². The molecule has 0 unspecified atom stereocenters. The van der Waals surface area contributed by atoms with Gasteiger partial charge in [-0.05, 0) is 18.2 Å². The van der Waals surface area contributed by atoms with Crippen molar-refractivity contribution in [1.82, 2.24) is 14.8 Å². The first-order valence-corrected chi connectivity index (χ1v) is 8.77. The van der Waals surface area contributed by atoms with Gasteiger partial charge in [0.05, 0.1) is 12.7 Å². The van der Waals surface area contributed by atoms with Gasteiger partial charge in [0.2, 0.25) is 0 Å². The predicted octanol–water partition coefficient (Wildman–Crippen LogP) is 4.57. The van der Waals surface area contributed by atoms with E-state index in [0.29, 0.717) is 28.8 Å². The lowest BCUT2D eigenvalue weighted by Crippen LogP contribution is -2.02. The van der Waals surface area contributed by atoms with E-state index in [2.05, 4.69) is 16.8 Å². The number of hydrogen-bond acceptors (Lipinski definition) is 4. The topological polar surface area (TPSA) is 39.9 Å². The van der Waals surface area contributed by atoms with Gasteiger partial charge in [0, 0.05) is 17.9 Å². The number of halogens is 1. The number of hydrogen-bond donors (Lipinski definition) is 0. The summed E-state index contributed by atoms with van der Waals surface area (Å²) in [7, 11) is 1.65. The lowest BCUT2D eigenvalue weighted by Gasteiger charge is -2.10. The summed E-state index contributed by atoms with van der Waals surface area (Å²) in [6, 6.07) is 14.4. The largest absolute Gasteiger partial charge is 0.496 e. The minimum absolute atomic E-state index is 0.318. The van der Waals surface area contributed by atoms with Gasteiger partial charge in [-0.25, -0.2) is 4.39 Å². The Hall–Kier alpha value is -2.60. The van der Waals surface area contributed by atoms with Gasteiger partial charge >= 0.3 is 0 Å². The summed E-state index contributed by atoms with van der Waals surface area (Å²) in [6.07, 6.45) is 1.75. The first-order valence-electron chi connectivity index (χ1n) is 7.78. The molecular weight excluding hydrogens is 337 g/mol. The van der Waals surface area contributed by atoms with Crippen molar-refractivity contribution in [3.63, 3.8) is 0 Å². The second kappa shape index (κ2) is 7.98. The molecule has 0 spiro atoms. The number of thioether (sulfide) groups is 1. The Morgan fingerprint density at radius 2 is 1.92 bits per heavy atom. The molecule has 0 aliphatic rings. The molecule has 0 saturated heterocycles. The van der Waals surface area contributed by atoms with Crippen LogP contribution in [-0.4, -0.2) is 21.9 Å². The maximum absolute atomic E-state index is 14.1. The van der Waals surface area contributed by atoms with Crippen molar-refractivity contribution in [2.45, 2.75) is 17.5 Å². The number of aromatic nitrogens is 3. The van der Waals surface area contributed by atoms with Gasteiger partial charge in [0.1, 0.15) is 11.6 Å². The molecule has 0 saturated carbocycles. The number of allylic oxidation sites excluding steroid dienone is 1. The zero-order chi connectivity index (χ0) is 17.6. The molecule has 4 nitrogen and oxygen atoms in total. The normalized spacial score (nSPS) is 10.6. The van der Waals surface area contributed by atoms with Crippen LogP contribution in [0.15, 0.2) is 66.3 Å². The lowest BCUT2D eigenvalue weighted by molar-refractivity contribution is 0.411. The van der Waals surface area contributed by atoms with Crippen molar-refractivity contribution in [2.75, 3.05) is 7.11 Å². The molecule has 1 aromatic heterocycles. The highest BCUT2D eigenvalue weighted by Gasteiger charge is 2.16. The fourth-order valence-electron chi connectivity index (χ4n) is 2.50. The van der Waals surface area contributed by atoms with Gasteiger partial charge in [-0.2, -0.15) is 0 Å². The third kappa shape index (κ3) is 3.74. The van der Waals surface area contributed by atoms with E-state index in [-0.39, 0.29) is 5.82 Å². The SMILES string of the molecule is C=CCn1c(SCc2ccccc2OC)nnc1-c1ccccc1F. The Morgan fingerprint density at radius 3 is 2.68 bits per heavy atom. The van der Waals surface area contributed by atoms with Crippen LogP contribution in [0.5, 0.6) is 5.75 Å². The Morgan fingerprint density at radius 1 is 1.16 bits per heavy atom. The Balaban J connectivity index is 1.90. The molecule has 25 heavy (non-hydrogen) atoms. The zero-order valence-corrected chi connectivity index (χ0v) is 14.7. The van der Waals surface area contributed by atoms with Crippen LogP contribution in [0.25, 0.3) is 11.4 Å². The fourth-order valence-corrected chi connectivity index (χ4v) is 3.43. The van der Waals surface area contributed by atoms with Crippen molar-refractivity contribution < 1.29 is 9.13 Å². The van der Waals surface area contributed by atoms with Crippen molar-refractivity contribution in [2.24, 2.45) is 0 Å². The Bertz CT molecular complexity index is 879. The monoisotopic (exact) mass is 355 g/mol. The quantitative estimate of drug-likeness (QED) is 0.460.